The highest BCUT2D eigenvalue weighted by Gasteiger charge is 2.22. The Morgan fingerprint density at radius 3 is 2.89 bits per heavy atom. The van der Waals surface area contributed by atoms with Gasteiger partial charge >= 0.3 is 0 Å². The van der Waals surface area contributed by atoms with E-state index in [1.807, 2.05) is 0 Å². The topological polar surface area (TPSA) is 75.8 Å². The predicted molar refractivity (Wildman–Crippen MR) is 68.6 cm³/mol. The molecule has 2 atom stereocenters. The molecule has 1 aliphatic heterocycles. The van der Waals surface area contributed by atoms with Gasteiger partial charge in [-0.15, -0.1) is 0 Å². The van der Waals surface area contributed by atoms with Crippen LogP contribution in [0.4, 0.5) is 5.69 Å². The molecule has 1 amide bonds. The SMILES string of the molecule is CC(N)C(O)c1ccc2c(c1)N(C)C(=O)CCO2. The van der Waals surface area contributed by atoms with Gasteiger partial charge in [0.25, 0.3) is 0 Å². The minimum absolute atomic E-state index is 0.00110. The van der Waals surface area contributed by atoms with Crippen LogP contribution in [0.1, 0.15) is 25.0 Å². The molecule has 2 rings (SSSR count). The molecule has 1 heterocycles. The number of aliphatic hydroxyl groups is 1. The van der Waals surface area contributed by atoms with Gasteiger partial charge in [-0.05, 0) is 24.6 Å². The Labute approximate surface area is 106 Å². The first kappa shape index (κ1) is 12.9. The van der Waals surface area contributed by atoms with Crippen LogP contribution < -0.4 is 15.4 Å². The molecule has 1 aromatic carbocycles. The molecular weight excluding hydrogens is 232 g/mol. The second-order valence-electron chi connectivity index (χ2n) is 4.58. The molecular formula is C13H18N2O3. The Hall–Kier alpha value is -1.59. The molecule has 5 nitrogen and oxygen atoms in total. The monoisotopic (exact) mass is 250 g/mol. The van der Waals surface area contributed by atoms with Gasteiger partial charge in [0.15, 0.2) is 0 Å². The van der Waals surface area contributed by atoms with E-state index in [9.17, 15) is 9.90 Å². The van der Waals surface area contributed by atoms with Crippen LogP contribution in [0.3, 0.4) is 0 Å². The van der Waals surface area contributed by atoms with Crippen molar-refractivity contribution in [2.45, 2.75) is 25.5 Å². The number of rotatable bonds is 2. The van der Waals surface area contributed by atoms with Gasteiger partial charge in [0, 0.05) is 13.1 Å². The minimum atomic E-state index is -0.748. The molecule has 0 bridgehead atoms. The summed E-state index contributed by atoms with van der Waals surface area (Å²) in [6.45, 7) is 2.12. The van der Waals surface area contributed by atoms with Gasteiger partial charge in [0.2, 0.25) is 5.91 Å². The van der Waals surface area contributed by atoms with Gasteiger partial charge in [-0.2, -0.15) is 0 Å². The van der Waals surface area contributed by atoms with E-state index >= 15 is 0 Å². The van der Waals surface area contributed by atoms with Crippen molar-refractivity contribution in [1.82, 2.24) is 0 Å². The van der Waals surface area contributed by atoms with Gasteiger partial charge in [0.1, 0.15) is 5.75 Å². The minimum Gasteiger partial charge on any atom is -0.491 e. The summed E-state index contributed by atoms with van der Waals surface area (Å²) in [7, 11) is 1.71. The summed E-state index contributed by atoms with van der Waals surface area (Å²) in [6, 6.07) is 4.93. The van der Waals surface area contributed by atoms with Crippen molar-refractivity contribution in [2.24, 2.45) is 5.73 Å². The molecule has 0 spiro atoms. The third kappa shape index (κ3) is 2.32. The van der Waals surface area contributed by atoms with Crippen LogP contribution >= 0.6 is 0 Å². The number of ether oxygens (including phenoxy) is 1. The van der Waals surface area contributed by atoms with Crippen LogP contribution in [0, 0.1) is 0 Å². The number of hydrogen-bond acceptors (Lipinski definition) is 4. The van der Waals surface area contributed by atoms with Gasteiger partial charge < -0.3 is 20.5 Å². The average molecular weight is 250 g/mol. The molecule has 0 saturated heterocycles. The van der Waals surface area contributed by atoms with Crippen LogP contribution in [0.5, 0.6) is 5.75 Å². The first-order chi connectivity index (χ1) is 8.50. The third-order valence-corrected chi connectivity index (χ3v) is 3.13. The van der Waals surface area contributed by atoms with Crippen LogP contribution in [0.25, 0.3) is 0 Å². The van der Waals surface area contributed by atoms with Gasteiger partial charge in [0.05, 0.1) is 24.8 Å². The van der Waals surface area contributed by atoms with Crippen LogP contribution in [-0.2, 0) is 4.79 Å². The number of nitrogens with two attached hydrogens (primary N) is 1. The Morgan fingerprint density at radius 1 is 1.50 bits per heavy atom. The van der Waals surface area contributed by atoms with Crippen molar-refractivity contribution in [2.75, 3.05) is 18.6 Å². The second-order valence-corrected chi connectivity index (χ2v) is 4.58. The largest absolute Gasteiger partial charge is 0.491 e. The molecule has 1 aliphatic rings. The lowest BCUT2D eigenvalue weighted by Crippen LogP contribution is -2.26. The molecule has 1 aromatic rings. The van der Waals surface area contributed by atoms with E-state index in [0.717, 1.165) is 0 Å². The lowest BCUT2D eigenvalue weighted by atomic mass is 10.0. The number of amides is 1. The van der Waals surface area contributed by atoms with E-state index < -0.39 is 6.10 Å². The lowest BCUT2D eigenvalue weighted by molar-refractivity contribution is -0.118. The van der Waals surface area contributed by atoms with Crippen LogP contribution in [-0.4, -0.2) is 30.7 Å². The molecule has 0 aromatic heterocycles. The highest BCUT2D eigenvalue weighted by Crippen LogP contribution is 2.33. The fraction of sp³-hybridized carbons (Fsp3) is 0.462. The van der Waals surface area contributed by atoms with Crippen molar-refractivity contribution >= 4 is 11.6 Å². The number of hydrogen-bond donors (Lipinski definition) is 2. The summed E-state index contributed by atoms with van der Waals surface area (Å²) in [5.41, 5.74) is 7.04. The smallest absolute Gasteiger partial charge is 0.230 e. The average Bonchev–Trinajstić information content (AvgIpc) is 2.49. The maximum absolute atomic E-state index is 11.8. The zero-order chi connectivity index (χ0) is 13.3. The number of aliphatic hydroxyl groups excluding tert-OH is 1. The molecule has 0 aliphatic carbocycles. The zero-order valence-corrected chi connectivity index (χ0v) is 10.6. The number of fused-ring (bicyclic) bond motifs is 1. The lowest BCUT2D eigenvalue weighted by Gasteiger charge is -2.20. The number of benzene rings is 1. The molecule has 3 N–H and O–H groups in total. The van der Waals surface area contributed by atoms with Crippen LogP contribution in [0.15, 0.2) is 18.2 Å². The number of carbonyl (C=O) groups is 1. The molecule has 2 unspecified atom stereocenters. The van der Waals surface area contributed by atoms with Crippen molar-refractivity contribution < 1.29 is 14.6 Å². The first-order valence-corrected chi connectivity index (χ1v) is 5.97. The molecule has 98 valence electrons. The molecule has 18 heavy (non-hydrogen) atoms. The summed E-state index contributed by atoms with van der Waals surface area (Å²) >= 11 is 0. The number of carbonyl (C=O) groups excluding carboxylic acids is 1. The summed E-state index contributed by atoms with van der Waals surface area (Å²) in [5.74, 6) is 0.658. The fourth-order valence-corrected chi connectivity index (χ4v) is 1.96. The summed E-state index contributed by atoms with van der Waals surface area (Å²) in [4.78, 5) is 13.3. The standard InChI is InChI=1S/C13H18N2O3/c1-8(14)13(17)9-3-4-11-10(7-9)15(2)12(16)5-6-18-11/h3-4,7-8,13,17H,5-6,14H2,1-2H3. The first-order valence-electron chi connectivity index (χ1n) is 5.97. The fourth-order valence-electron chi connectivity index (χ4n) is 1.96. The second kappa shape index (κ2) is 4.96. The number of nitrogens with zero attached hydrogens (tertiary/aromatic N) is 1. The molecule has 0 fully saturated rings. The van der Waals surface area contributed by atoms with E-state index in [1.54, 1.807) is 37.1 Å². The van der Waals surface area contributed by atoms with Crippen molar-refractivity contribution in [3.63, 3.8) is 0 Å². The molecule has 5 heteroatoms. The predicted octanol–water partition coefficient (Wildman–Crippen LogP) is 0.812. The Morgan fingerprint density at radius 2 is 2.22 bits per heavy atom. The molecule has 0 saturated carbocycles. The van der Waals surface area contributed by atoms with Gasteiger partial charge in [-0.25, -0.2) is 0 Å². The molecule has 0 radical (unpaired) electrons. The third-order valence-electron chi connectivity index (χ3n) is 3.13. The van der Waals surface area contributed by atoms with E-state index in [-0.39, 0.29) is 11.9 Å². The van der Waals surface area contributed by atoms with Gasteiger partial charge in [-0.1, -0.05) is 6.07 Å². The summed E-state index contributed by atoms with van der Waals surface area (Å²) in [6.07, 6.45) is -0.391. The van der Waals surface area contributed by atoms with E-state index in [2.05, 4.69) is 0 Å². The van der Waals surface area contributed by atoms with Crippen LogP contribution in [0.2, 0.25) is 0 Å². The highest BCUT2D eigenvalue weighted by atomic mass is 16.5. The number of anilines is 1. The van der Waals surface area contributed by atoms with Gasteiger partial charge in [-0.3, -0.25) is 4.79 Å². The van der Waals surface area contributed by atoms with E-state index in [1.165, 1.54) is 0 Å². The van der Waals surface area contributed by atoms with E-state index in [0.29, 0.717) is 30.0 Å². The quantitative estimate of drug-likeness (QED) is 0.814. The highest BCUT2D eigenvalue weighted by molar-refractivity contribution is 5.95. The van der Waals surface area contributed by atoms with E-state index in [4.69, 9.17) is 10.5 Å². The summed E-state index contributed by atoms with van der Waals surface area (Å²) in [5, 5.41) is 9.95. The Kier molecular flexibility index (Phi) is 3.54. The zero-order valence-electron chi connectivity index (χ0n) is 10.6. The Bertz CT molecular complexity index is 460. The van der Waals surface area contributed by atoms with Crippen molar-refractivity contribution in [1.29, 1.82) is 0 Å². The van der Waals surface area contributed by atoms with Crippen molar-refractivity contribution in [3.05, 3.63) is 23.8 Å². The van der Waals surface area contributed by atoms with Crippen molar-refractivity contribution in [3.8, 4) is 5.75 Å². The maximum Gasteiger partial charge on any atom is 0.230 e. The normalized spacial score (nSPS) is 18.7. The maximum atomic E-state index is 11.8. The summed E-state index contributed by atoms with van der Waals surface area (Å²) < 4.78 is 5.51. The Balaban J connectivity index is 2.40.